The fraction of sp³-hybridized carbons (Fsp3) is 0.600. The lowest BCUT2D eigenvalue weighted by molar-refractivity contribution is -0.672. The number of carbonyl (C=O) groups is 1. The summed E-state index contributed by atoms with van der Waals surface area (Å²) in [6.07, 6.45) is 5.14. The Labute approximate surface area is 111 Å². The van der Waals surface area contributed by atoms with Crippen LogP contribution < -0.4 is 4.57 Å². The molecule has 2 rings (SSSR count). The van der Waals surface area contributed by atoms with Gasteiger partial charge in [-0.3, -0.25) is 4.79 Å². The van der Waals surface area contributed by atoms with E-state index in [0.29, 0.717) is 0 Å². The summed E-state index contributed by atoms with van der Waals surface area (Å²) < 4.78 is 2.03. The second kappa shape index (κ2) is 8.67. The Hall–Kier alpha value is -1.38. The molecule has 0 saturated carbocycles. The lowest BCUT2D eigenvalue weighted by Crippen LogP contribution is -2.37. The van der Waals surface area contributed by atoms with Crippen molar-refractivity contribution in [2.75, 3.05) is 6.54 Å². The van der Waals surface area contributed by atoms with E-state index in [4.69, 9.17) is 0 Å². The molecule has 0 unspecified atom stereocenters. The highest BCUT2D eigenvalue weighted by molar-refractivity contribution is 5.73. The summed E-state index contributed by atoms with van der Waals surface area (Å²) in [4.78, 5) is 13.1. The van der Waals surface area contributed by atoms with Gasteiger partial charge in [0.2, 0.25) is 5.91 Å². The van der Waals surface area contributed by atoms with Crippen molar-refractivity contribution in [3.63, 3.8) is 0 Å². The van der Waals surface area contributed by atoms with Gasteiger partial charge in [0, 0.05) is 25.1 Å². The Morgan fingerprint density at radius 1 is 1.22 bits per heavy atom. The minimum Gasteiger partial charge on any atom is -0.338 e. The Morgan fingerprint density at radius 3 is 2.39 bits per heavy atom. The third-order valence-electron chi connectivity index (χ3n) is 2.74. The van der Waals surface area contributed by atoms with E-state index in [2.05, 4.69) is 18.5 Å². The maximum Gasteiger partial charge on any atom is 0.219 e. The first-order valence-electron chi connectivity index (χ1n) is 6.89. The number of amides is 1. The zero-order chi connectivity index (χ0) is 14.1. The maximum atomic E-state index is 11.2. The van der Waals surface area contributed by atoms with E-state index in [-0.39, 0.29) is 5.91 Å². The maximum absolute atomic E-state index is 11.2. The molecule has 0 radical (unpaired) electrons. The average molecular weight is 251 g/mol. The lowest BCUT2D eigenvalue weighted by atomic mass is 10.0. The van der Waals surface area contributed by atoms with Crippen LogP contribution in [-0.2, 0) is 24.8 Å². The van der Waals surface area contributed by atoms with Crippen molar-refractivity contribution >= 4 is 5.91 Å². The van der Waals surface area contributed by atoms with E-state index in [0.717, 1.165) is 19.5 Å². The predicted octanol–water partition coefficient (Wildman–Crippen LogP) is 2.47. The summed E-state index contributed by atoms with van der Waals surface area (Å²) in [5, 5.41) is 0. The van der Waals surface area contributed by atoms with E-state index >= 15 is 0 Å². The van der Waals surface area contributed by atoms with Gasteiger partial charge in [-0.05, 0) is 12.0 Å². The van der Waals surface area contributed by atoms with Crippen molar-refractivity contribution in [2.24, 2.45) is 7.05 Å². The minimum atomic E-state index is 0.169. The van der Waals surface area contributed by atoms with Crippen LogP contribution in [0, 0.1) is 0 Å². The van der Waals surface area contributed by atoms with Gasteiger partial charge in [-0.15, -0.1) is 0 Å². The van der Waals surface area contributed by atoms with Crippen LogP contribution in [-0.4, -0.2) is 17.4 Å². The van der Waals surface area contributed by atoms with Crippen molar-refractivity contribution in [3.8, 4) is 0 Å². The summed E-state index contributed by atoms with van der Waals surface area (Å²) in [5.41, 5.74) is 2.65. The topological polar surface area (TPSA) is 24.2 Å². The molecule has 0 aromatic carbocycles. The van der Waals surface area contributed by atoms with E-state index < -0.39 is 0 Å². The predicted molar refractivity (Wildman–Crippen MR) is 75.1 cm³/mol. The molecule has 3 heteroatoms. The van der Waals surface area contributed by atoms with Gasteiger partial charge >= 0.3 is 0 Å². The van der Waals surface area contributed by atoms with Gasteiger partial charge in [-0.25, -0.2) is 4.57 Å². The Morgan fingerprint density at radius 2 is 1.83 bits per heavy atom. The lowest BCUT2D eigenvalue weighted by Gasteiger charge is -2.26. The molecule has 0 N–H and O–H groups in total. The summed E-state index contributed by atoms with van der Waals surface area (Å²) in [6, 6.07) is 2.15. The summed E-state index contributed by atoms with van der Waals surface area (Å²) >= 11 is 0. The molecular formula is C15H27N2O+. The highest BCUT2D eigenvalue weighted by atomic mass is 16.2. The second-order valence-electron chi connectivity index (χ2n) is 3.85. The molecule has 3 nitrogen and oxygen atoms in total. The molecule has 0 fully saturated rings. The first-order valence-corrected chi connectivity index (χ1v) is 6.89. The summed E-state index contributed by atoms with van der Waals surface area (Å²) in [6.45, 7) is 11.3. The van der Waals surface area contributed by atoms with Crippen LogP contribution in [0.5, 0.6) is 0 Å². The van der Waals surface area contributed by atoms with Crippen molar-refractivity contribution in [2.45, 2.75) is 47.6 Å². The van der Waals surface area contributed by atoms with Crippen LogP contribution in [0.25, 0.3) is 0 Å². The van der Waals surface area contributed by atoms with E-state index in [1.54, 1.807) is 6.92 Å². The van der Waals surface area contributed by atoms with Crippen molar-refractivity contribution in [1.82, 2.24) is 4.90 Å². The quantitative estimate of drug-likeness (QED) is 0.650. The number of hydrogen-bond donors (Lipinski definition) is 0. The van der Waals surface area contributed by atoms with Crippen LogP contribution >= 0.6 is 0 Å². The highest BCUT2D eigenvalue weighted by Crippen LogP contribution is 2.16. The average Bonchev–Trinajstić information content (AvgIpc) is 2.42. The second-order valence-corrected chi connectivity index (χ2v) is 3.85. The summed E-state index contributed by atoms with van der Waals surface area (Å²) in [5.74, 6) is 0.169. The number of hydrogen-bond acceptors (Lipinski definition) is 1. The number of rotatable bonds is 0. The van der Waals surface area contributed by atoms with Gasteiger partial charge in [0.15, 0.2) is 12.4 Å². The fourth-order valence-electron chi connectivity index (χ4n) is 1.88. The fourth-order valence-corrected chi connectivity index (χ4v) is 1.88. The van der Waals surface area contributed by atoms with Gasteiger partial charge in [-0.2, -0.15) is 0 Å². The zero-order valence-corrected chi connectivity index (χ0v) is 12.7. The molecule has 0 bridgehead atoms. The van der Waals surface area contributed by atoms with Crippen molar-refractivity contribution in [1.29, 1.82) is 0 Å². The number of pyridine rings is 1. The Balaban J connectivity index is 0.000000659. The number of carbonyl (C=O) groups excluding carboxylic acids is 1. The monoisotopic (exact) mass is 251 g/mol. The highest BCUT2D eigenvalue weighted by Gasteiger charge is 2.19. The van der Waals surface area contributed by atoms with Crippen LogP contribution in [0.1, 0.15) is 45.7 Å². The van der Waals surface area contributed by atoms with Crippen LogP contribution in [0.3, 0.4) is 0 Å². The van der Waals surface area contributed by atoms with Crippen LogP contribution in [0.4, 0.5) is 0 Å². The molecule has 0 atom stereocenters. The van der Waals surface area contributed by atoms with Gasteiger partial charge in [-0.1, -0.05) is 27.7 Å². The molecule has 102 valence electrons. The number of nitrogens with zero attached hydrogens (tertiary/aromatic N) is 2. The van der Waals surface area contributed by atoms with Crippen LogP contribution in [0.2, 0.25) is 0 Å². The van der Waals surface area contributed by atoms with Gasteiger partial charge in [0.05, 0.1) is 6.54 Å². The van der Waals surface area contributed by atoms with Gasteiger partial charge in [0.25, 0.3) is 0 Å². The number of aryl methyl sites for hydroxylation is 1. The van der Waals surface area contributed by atoms with Gasteiger partial charge in [0.1, 0.15) is 7.05 Å². The normalized spacial score (nSPS) is 12.4. The Kier molecular flexibility index (Phi) is 8.01. The summed E-state index contributed by atoms with van der Waals surface area (Å²) in [7, 11) is 2.01. The SMILES string of the molecule is CC.CC.CC(=O)N1CCc2cc[n+](C)cc2C1. The molecule has 1 aliphatic rings. The molecule has 1 amide bonds. The molecule has 1 aromatic heterocycles. The molecule has 0 spiro atoms. The van der Waals surface area contributed by atoms with E-state index in [1.807, 2.05) is 44.2 Å². The molecule has 1 aromatic rings. The molecule has 0 saturated heterocycles. The minimum absolute atomic E-state index is 0.169. The molecule has 2 heterocycles. The Bertz CT molecular complexity index is 375. The van der Waals surface area contributed by atoms with Crippen LogP contribution in [0.15, 0.2) is 18.5 Å². The van der Waals surface area contributed by atoms with Gasteiger partial charge < -0.3 is 4.90 Å². The van der Waals surface area contributed by atoms with Crippen molar-refractivity contribution in [3.05, 3.63) is 29.6 Å². The third-order valence-corrected chi connectivity index (χ3v) is 2.74. The number of fused-ring (bicyclic) bond motifs is 1. The first-order chi connectivity index (χ1) is 8.66. The zero-order valence-electron chi connectivity index (χ0n) is 12.7. The van der Waals surface area contributed by atoms with E-state index in [9.17, 15) is 4.79 Å². The smallest absolute Gasteiger partial charge is 0.219 e. The molecule has 18 heavy (non-hydrogen) atoms. The molecule has 0 aliphatic carbocycles. The molecule has 1 aliphatic heterocycles. The standard InChI is InChI=1S/C11H15N2O.2C2H6/c1-9(14)13-6-4-10-3-5-12(2)7-11(10)8-13;2*1-2/h3,5,7H,4,6,8H2,1-2H3;2*1-2H3/q+1;;. The van der Waals surface area contributed by atoms with Crippen molar-refractivity contribution < 1.29 is 9.36 Å². The third kappa shape index (κ3) is 4.47. The first kappa shape index (κ1) is 16.6. The largest absolute Gasteiger partial charge is 0.338 e. The number of aromatic nitrogens is 1. The van der Waals surface area contributed by atoms with E-state index in [1.165, 1.54) is 11.1 Å². The molecular weight excluding hydrogens is 224 g/mol.